The van der Waals surface area contributed by atoms with Gasteiger partial charge < -0.3 is 10.9 Å². The Hall–Kier alpha value is -1.21. The lowest BCUT2D eigenvalue weighted by Gasteiger charge is -2.12. The predicted octanol–water partition coefficient (Wildman–Crippen LogP) is 1.71. The predicted molar refractivity (Wildman–Crippen MR) is 72.9 cm³/mol. The van der Waals surface area contributed by atoms with E-state index in [1.165, 1.54) is 18.0 Å². The minimum Gasteiger partial charge on any atom is -0.409 e. The van der Waals surface area contributed by atoms with Gasteiger partial charge in [-0.2, -0.15) is 0 Å². The highest BCUT2D eigenvalue weighted by Gasteiger charge is 2.14. The highest BCUT2D eigenvalue weighted by Crippen LogP contribution is 2.26. The van der Waals surface area contributed by atoms with Gasteiger partial charge in [0, 0.05) is 11.2 Å². The first-order chi connectivity index (χ1) is 8.38. The molecule has 0 aliphatic heterocycles. The molecule has 1 atom stereocenters. The summed E-state index contributed by atoms with van der Waals surface area (Å²) >= 11 is 1.43. The van der Waals surface area contributed by atoms with Crippen molar-refractivity contribution in [3.8, 4) is 0 Å². The molecule has 0 aliphatic rings. The van der Waals surface area contributed by atoms with Gasteiger partial charge in [0.1, 0.15) is 0 Å². The van der Waals surface area contributed by atoms with E-state index < -0.39 is 9.84 Å². The number of hydrogen-bond acceptors (Lipinski definition) is 5. The van der Waals surface area contributed by atoms with Crippen LogP contribution in [-0.2, 0) is 9.84 Å². The smallest absolute Gasteiger partial charge is 0.175 e. The van der Waals surface area contributed by atoms with Gasteiger partial charge in [-0.1, -0.05) is 12.1 Å². The van der Waals surface area contributed by atoms with Crippen molar-refractivity contribution < 1.29 is 13.6 Å². The summed E-state index contributed by atoms with van der Waals surface area (Å²) in [5.74, 6) is 0.162. The van der Waals surface area contributed by atoms with Crippen LogP contribution < -0.4 is 5.73 Å². The summed E-state index contributed by atoms with van der Waals surface area (Å²) < 4.78 is 22.6. The van der Waals surface area contributed by atoms with Crippen molar-refractivity contribution in [3.05, 3.63) is 24.3 Å². The molecule has 3 N–H and O–H groups in total. The molecule has 0 aromatic heterocycles. The van der Waals surface area contributed by atoms with Crippen LogP contribution in [0.15, 0.2) is 39.2 Å². The maximum atomic E-state index is 11.3. The van der Waals surface area contributed by atoms with E-state index in [4.69, 9.17) is 10.9 Å². The Morgan fingerprint density at radius 2 is 2.00 bits per heavy atom. The molecule has 0 heterocycles. The van der Waals surface area contributed by atoms with Crippen molar-refractivity contribution in [1.29, 1.82) is 0 Å². The lowest BCUT2D eigenvalue weighted by molar-refractivity contribution is 0.317. The molecule has 1 aromatic carbocycles. The van der Waals surface area contributed by atoms with Crippen molar-refractivity contribution in [2.75, 3.05) is 6.26 Å². The summed E-state index contributed by atoms with van der Waals surface area (Å²) in [4.78, 5) is 1.16. The zero-order valence-corrected chi connectivity index (χ0v) is 11.8. The number of nitrogens with zero attached hydrogens (tertiary/aromatic N) is 1. The molecule has 18 heavy (non-hydrogen) atoms. The summed E-state index contributed by atoms with van der Waals surface area (Å²) in [6.45, 7) is 1.93. The third-order valence-corrected chi connectivity index (χ3v) is 4.88. The average Bonchev–Trinajstić information content (AvgIpc) is 2.34. The van der Waals surface area contributed by atoms with E-state index in [1.807, 2.05) is 6.92 Å². The molecule has 0 bridgehead atoms. The fraction of sp³-hybridized carbons (Fsp3) is 0.364. The van der Waals surface area contributed by atoms with Crippen LogP contribution in [0.25, 0.3) is 0 Å². The third-order valence-electron chi connectivity index (χ3n) is 2.35. The van der Waals surface area contributed by atoms with Crippen LogP contribution in [0.4, 0.5) is 0 Å². The van der Waals surface area contributed by atoms with Gasteiger partial charge >= 0.3 is 0 Å². The molecule has 0 fully saturated rings. The molecule has 1 unspecified atom stereocenters. The summed E-state index contributed by atoms with van der Waals surface area (Å²) in [5.41, 5.74) is 5.56. The molecular weight excluding hydrogens is 272 g/mol. The van der Waals surface area contributed by atoms with Gasteiger partial charge in [0.05, 0.1) is 10.1 Å². The van der Waals surface area contributed by atoms with E-state index >= 15 is 0 Å². The van der Waals surface area contributed by atoms with E-state index in [9.17, 15) is 8.42 Å². The minimum absolute atomic E-state index is 0.126. The zero-order chi connectivity index (χ0) is 13.8. The lowest BCUT2D eigenvalue weighted by atomic mass is 10.3. The van der Waals surface area contributed by atoms with Crippen LogP contribution in [0.1, 0.15) is 13.3 Å². The molecule has 100 valence electrons. The number of hydrogen-bond donors (Lipinski definition) is 2. The number of nitrogens with two attached hydrogens (primary N) is 1. The topological polar surface area (TPSA) is 92.8 Å². The molecule has 0 spiro atoms. The van der Waals surface area contributed by atoms with E-state index in [0.717, 1.165) is 4.90 Å². The standard InChI is InChI=1S/C11H16N2O3S2/c1-3-10(11(12)13-14)17-8-4-6-9(7-5-8)18(2,15)16/h4-7,10,14H,3H2,1-2H3,(H2,12,13). The summed E-state index contributed by atoms with van der Waals surface area (Å²) in [6.07, 6.45) is 1.88. The normalized spacial score (nSPS) is 14.4. The molecule has 0 saturated heterocycles. The number of thioether (sulfide) groups is 1. The molecule has 5 nitrogen and oxygen atoms in total. The number of amidine groups is 1. The quantitative estimate of drug-likeness (QED) is 0.283. The molecule has 0 amide bonds. The maximum absolute atomic E-state index is 11.3. The average molecular weight is 288 g/mol. The van der Waals surface area contributed by atoms with Gasteiger partial charge in [-0.3, -0.25) is 0 Å². The van der Waals surface area contributed by atoms with Crippen molar-refractivity contribution in [2.24, 2.45) is 10.9 Å². The first-order valence-electron chi connectivity index (χ1n) is 5.32. The lowest BCUT2D eigenvalue weighted by Crippen LogP contribution is -2.25. The fourth-order valence-electron chi connectivity index (χ4n) is 1.35. The molecule has 0 aliphatic carbocycles. The Morgan fingerprint density at radius 1 is 1.44 bits per heavy atom. The highest BCUT2D eigenvalue weighted by atomic mass is 32.2. The first kappa shape index (κ1) is 14.8. The Morgan fingerprint density at radius 3 is 2.39 bits per heavy atom. The number of rotatable bonds is 5. The Balaban J connectivity index is 2.87. The number of sulfone groups is 1. The second-order valence-electron chi connectivity index (χ2n) is 3.78. The first-order valence-corrected chi connectivity index (χ1v) is 8.09. The summed E-state index contributed by atoms with van der Waals surface area (Å²) in [5, 5.41) is 11.5. The molecule has 0 saturated carbocycles. The number of oxime groups is 1. The zero-order valence-electron chi connectivity index (χ0n) is 10.2. The summed E-state index contributed by atoms with van der Waals surface area (Å²) in [7, 11) is -3.17. The van der Waals surface area contributed by atoms with Crippen LogP contribution in [0.2, 0.25) is 0 Å². The van der Waals surface area contributed by atoms with E-state index in [-0.39, 0.29) is 16.0 Å². The monoisotopic (exact) mass is 288 g/mol. The minimum atomic E-state index is -3.17. The van der Waals surface area contributed by atoms with Crippen LogP contribution in [0.5, 0.6) is 0 Å². The van der Waals surface area contributed by atoms with Gasteiger partial charge in [0.15, 0.2) is 15.7 Å². The van der Waals surface area contributed by atoms with Crippen LogP contribution in [0, 0.1) is 0 Å². The van der Waals surface area contributed by atoms with Crippen molar-refractivity contribution in [3.63, 3.8) is 0 Å². The van der Waals surface area contributed by atoms with Gasteiger partial charge in [-0.15, -0.1) is 11.8 Å². The molecule has 1 rings (SSSR count). The van der Waals surface area contributed by atoms with Crippen molar-refractivity contribution in [1.82, 2.24) is 0 Å². The summed E-state index contributed by atoms with van der Waals surface area (Å²) in [6, 6.07) is 6.54. The van der Waals surface area contributed by atoms with Crippen LogP contribution in [0.3, 0.4) is 0 Å². The van der Waals surface area contributed by atoms with Gasteiger partial charge in [-0.25, -0.2) is 8.42 Å². The second kappa shape index (κ2) is 6.10. The maximum Gasteiger partial charge on any atom is 0.175 e. The Kier molecular flexibility index (Phi) is 5.03. The third kappa shape index (κ3) is 3.92. The van der Waals surface area contributed by atoms with E-state index in [1.54, 1.807) is 24.3 Å². The Labute approximate surface area is 111 Å². The van der Waals surface area contributed by atoms with Gasteiger partial charge in [-0.05, 0) is 30.7 Å². The molecule has 0 radical (unpaired) electrons. The van der Waals surface area contributed by atoms with E-state index in [0.29, 0.717) is 6.42 Å². The SMILES string of the molecule is CCC(Sc1ccc(S(C)(=O)=O)cc1)C(N)=NO. The fourth-order valence-corrected chi connectivity index (χ4v) is 2.93. The van der Waals surface area contributed by atoms with Crippen molar-refractivity contribution >= 4 is 27.4 Å². The second-order valence-corrected chi connectivity index (χ2v) is 7.08. The molecule has 1 aromatic rings. The van der Waals surface area contributed by atoms with Crippen LogP contribution >= 0.6 is 11.8 Å². The molecule has 7 heteroatoms. The van der Waals surface area contributed by atoms with Crippen molar-refractivity contribution in [2.45, 2.75) is 28.4 Å². The van der Waals surface area contributed by atoms with Gasteiger partial charge in [0.2, 0.25) is 0 Å². The van der Waals surface area contributed by atoms with Crippen LogP contribution in [-0.4, -0.2) is 31.0 Å². The Bertz CT molecular complexity index is 524. The van der Waals surface area contributed by atoms with Gasteiger partial charge in [0.25, 0.3) is 0 Å². The largest absolute Gasteiger partial charge is 0.409 e. The van der Waals surface area contributed by atoms with E-state index in [2.05, 4.69) is 5.16 Å². The molecular formula is C11H16N2O3S2. The highest BCUT2D eigenvalue weighted by molar-refractivity contribution is 8.00. The number of benzene rings is 1.